The van der Waals surface area contributed by atoms with Crippen LogP contribution < -0.4 is 10.2 Å². The molecule has 0 aliphatic heterocycles. The van der Waals surface area contributed by atoms with Crippen LogP contribution in [0.1, 0.15) is 0 Å². The summed E-state index contributed by atoms with van der Waals surface area (Å²) >= 11 is 0. The second kappa shape index (κ2) is 4.55. The minimum atomic E-state index is -0.550. The zero-order chi connectivity index (χ0) is 10.6. The van der Waals surface area contributed by atoms with Crippen molar-refractivity contribution in [2.24, 2.45) is 0 Å². The SMILES string of the molecule is CNC(=O)CN(C)c1cccc(F)n1. The van der Waals surface area contributed by atoms with Crippen molar-refractivity contribution in [1.29, 1.82) is 0 Å². The Kier molecular flexibility index (Phi) is 3.39. The van der Waals surface area contributed by atoms with E-state index < -0.39 is 5.95 Å². The van der Waals surface area contributed by atoms with E-state index in [0.717, 1.165) is 0 Å². The third-order valence-corrected chi connectivity index (χ3v) is 1.75. The van der Waals surface area contributed by atoms with Gasteiger partial charge in [0.15, 0.2) is 0 Å². The quantitative estimate of drug-likeness (QED) is 0.713. The van der Waals surface area contributed by atoms with Crippen molar-refractivity contribution in [2.75, 3.05) is 25.5 Å². The number of carbonyl (C=O) groups is 1. The number of halogens is 1. The van der Waals surface area contributed by atoms with Gasteiger partial charge in [0.2, 0.25) is 11.9 Å². The average Bonchev–Trinajstić information content (AvgIpc) is 2.17. The summed E-state index contributed by atoms with van der Waals surface area (Å²) in [6, 6.07) is 4.46. The molecule has 0 saturated carbocycles. The van der Waals surface area contributed by atoms with Gasteiger partial charge in [-0.05, 0) is 12.1 Å². The molecule has 0 aliphatic carbocycles. The van der Waals surface area contributed by atoms with E-state index in [1.54, 1.807) is 31.1 Å². The van der Waals surface area contributed by atoms with Gasteiger partial charge >= 0.3 is 0 Å². The number of amides is 1. The monoisotopic (exact) mass is 197 g/mol. The molecule has 1 rings (SSSR count). The highest BCUT2D eigenvalue weighted by molar-refractivity contribution is 5.80. The van der Waals surface area contributed by atoms with Gasteiger partial charge in [-0.25, -0.2) is 4.98 Å². The maximum absolute atomic E-state index is 12.7. The molecule has 0 fully saturated rings. The van der Waals surface area contributed by atoms with Crippen molar-refractivity contribution in [3.63, 3.8) is 0 Å². The Morgan fingerprint density at radius 3 is 2.93 bits per heavy atom. The Bertz CT molecular complexity index is 330. The van der Waals surface area contributed by atoms with Crippen molar-refractivity contribution in [3.05, 3.63) is 24.1 Å². The van der Waals surface area contributed by atoms with E-state index in [1.807, 2.05) is 0 Å². The molecular weight excluding hydrogens is 185 g/mol. The molecule has 14 heavy (non-hydrogen) atoms. The highest BCUT2D eigenvalue weighted by Crippen LogP contribution is 2.07. The number of likely N-dealkylation sites (N-methyl/N-ethyl adjacent to an activating group) is 2. The molecule has 5 heteroatoms. The highest BCUT2D eigenvalue weighted by atomic mass is 19.1. The largest absolute Gasteiger partial charge is 0.358 e. The van der Waals surface area contributed by atoms with E-state index in [2.05, 4.69) is 10.3 Å². The molecule has 0 atom stereocenters. The van der Waals surface area contributed by atoms with E-state index in [-0.39, 0.29) is 12.5 Å². The van der Waals surface area contributed by atoms with Crippen LogP contribution in [0.2, 0.25) is 0 Å². The van der Waals surface area contributed by atoms with E-state index >= 15 is 0 Å². The lowest BCUT2D eigenvalue weighted by Crippen LogP contribution is -2.33. The van der Waals surface area contributed by atoms with E-state index in [4.69, 9.17) is 0 Å². The lowest BCUT2D eigenvalue weighted by molar-refractivity contribution is -0.119. The summed E-state index contributed by atoms with van der Waals surface area (Å²) in [5.41, 5.74) is 0. The van der Waals surface area contributed by atoms with Crippen LogP contribution in [0.25, 0.3) is 0 Å². The molecule has 1 N–H and O–H groups in total. The fourth-order valence-electron chi connectivity index (χ4n) is 0.986. The highest BCUT2D eigenvalue weighted by Gasteiger charge is 2.06. The minimum Gasteiger partial charge on any atom is -0.358 e. The number of pyridine rings is 1. The van der Waals surface area contributed by atoms with Gasteiger partial charge in [0.05, 0.1) is 6.54 Å². The summed E-state index contributed by atoms with van der Waals surface area (Å²) in [5.74, 6) is -0.251. The molecule has 0 aromatic carbocycles. The topological polar surface area (TPSA) is 45.2 Å². The second-order valence-corrected chi connectivity index (χ2v) is 2.85. The minimum absolute atomic E-state index is 0.140. The fraction of sp³-hybridized carbons (Fsp3) is 0.333. The summed E-state index contributed by atoms with van der Waals surface area (Å²) in [7, 11) is 3.23. The Morgan fingerprint density at radius 2 is 2.36 bits per heavy atom. The molecule has 0 saturated heterocycles. The normalized spacial score (nSPS) is 9.64. The van der Waals surface area contributed by atoms with Crippen LogP contribution in [0.15, 0.2) is 18.2 Å². The van der Waals surface area contributed by atoms with Gasteiger partial charge in [-0.1, -0.05) is 6.07 Å². The number of anilines is 1. The predicted octanol–water partition coefficient (Wildman–Crippen LogP) is 0.403. The standard InChI is InChI=1S/C9H12FN3O/c1-11-9(14)6-13(2)8-5-3-4-7(10)12-8/h3-5H,6H2,1-2H3,(H,11,14). The van der Waals surface area contributed by atoms with Crippen LogP contribution >= 0.6 is 0 Å². The Balaban J connectivity index is 2.69. The summed E-state index contributed by atoms with van der Waals surface area (Å²) in [4.78, 5) is 16.2. The number of nitrogens with one attached hydrogen (secondary N) is 1. The number of carbonyl (C=O) groups excluding carboxylic acids is 1. The molecule has 1 amide bonds. The zero-order valence-corrected chi connectivity index (χ0v) is 8.12. The van der Waals surface area contributed by atoms with Gasteiger partial charge in [0, 0.05) is 14.1 Å². The number of nitrogens with zero attached hydrogens (tertiary/aromatic N) is 2. The average molecular weight is 197 g/mol. The van der Waals surface area contributed by atoms with Crippen molar-refractivity contribution in [3.8, 4) is 0 Å². The Morgan fingerprint density at radius 1 is 1.64 bits per heavy atom. The molecule has 1 aromatic heterocycles. The van der Waals surface area contributed by atoms with Crippen molar-refractivity contribution < 1.29 is 9.18 Å². The number of aromatic nitrogens is 1. The summed E-state index contributed by atoms with van der Waals surface area (Å²) in [5, 5.41) is 2.48. The van der Waals surface area contributed by atoms with E-state index in [1.165, 1.54) is 6.07 Å². The maximum atomic E-state index is 12.7. The molecule has 0 spiro atoms. The van der Waals surface area contributed by atoms with Crippen molar-refractivity contribution in [1.82, 2.24) is 10.3 Å². The van der Waals surface area contributed by atoms with Gasteiger partial charge in [0.1, 0.15) is 5.82 Å². The molecule has 0 radical (unpaired) electrons. The van der Waals surface area contributed by atoms with Crippen LogP contribution in [0.3, 0.4) is 0 Å². The van der Waals surface area contributed by atoms with Gasteiger partial charge in [-0.2, -0.15) is 4.39 Å². The maximum Gasteiger partial charge on any atom is 0.239 e. The third kappa shape index (κ3) is 2.69. The first-order valence-corrected chi connectivity index (χ1v) is 4.17. The first-order valence-electron chi connectivity index (χ1n) is 4.17. The molecular formula is C9H12FN3O. The first-order chi connectivity index (χ1) is 6.63. The van der Waals surface area contributed by atoms with Crippen LogP contribution in [-0.4, -0.2) is 31.5 Å². The van der Waals surface area contributed by atoms with Crippen LogP contribution in [0.4, 0.5) is 10.2 Å². The summed E-state index contributed by atoms with van der Waals surface area (Å²) in [6.07, 6.45) is 0. The third-order valence-electron chi connectivity index (χ3n) is 1.75. The summed E-state index contributed by atoms with van der Waals surface area (Å²) < 4.78 is 12.7. The second-order valence-electron chi connectivity index (χ2n) is 2.85. The fourth-order valence-corrected chi connectivity index (χ4v) is 0.986. The number of rotatable bonds is 3. The molecule has 0 unspecified atom stereocenters. The Labute approximate surface area is 81.7 Å². The molecule has 4 nitrogen and oxygen atoms in total. The van der Waals surface area contributed by atoms with Gasteiger partial charge < -0.3 is 10.2 Å². The number of hydrogen-bond acceptors (Lipinski definition) is 3. The van der Waals surface area contributed by atoms with Gasteiger partial charge in [-0.15, -0.1) is 0 Å². The molecule has 1 aromatic rings. The smallest absolute Gasteiger partial charge is 0.239 e. The predicted molar refractivity (Wildman–Crippen MR) is 51.5 cm³/mol. The van der Waals surface area contributed by atoms with Crippen LogP contribution in [0, 0.1) is 5.95 Å². The number of hydrogen-bond donors (Lipinski definition) is 1. The van der Waals surface area contributed by atoms with Crippen molar-refractivity contribution >= 4 is 11.7 Å². The van der Waals surface area contributed by atoms with E-state index in [0.29, 0.717) is 5.82 Å². The molecule has 1 heterocycles. The van der Waals surface area contributed by atoms with E-state index in [9.17, 15) is 9.18 Å². The molecule has 0 aliphatic rings. The van der Waals surface area contributed by atoms with Crippen LogP contribution in [-0.2, 0) is 4.79 Å². The Hall–Kier alpha value is -1.65. The zero-order valence-electron chi connectivity index (χ0n) is 8.12. The lowest BCUT2D eigenvalue weighted by atomic mass is 10.4. The molecule has 76 valence electrons. The van der Waals surface area contributed by atoms with Gasteiger partial charge in [0.25, 0.3) is 0 Å². The molecule has 0 bridgehead atoms. The van der Waals surface area contributed by atoms with Crippen molar-refractivity contribution in [2.45, 2.75) is 0 Å². The van der Waals surface area contributed by atoms with Crippen LogP contribution in [0.5, 0.6) is 0 Å². The van der Waals surface area contributed by atoms with Gasteiger partial charge in [-0.3, -0.25) is 4.79 Å². The first kappa shape index (κ1) is 10.4. The summed E-state index contributed by atoms with van der Waals surface area (Å²) in [6.45, 7) is 0.160. The lowest BCUT2D eigenvalue weighted by Gasteiger charge is -2.16.